The Hall–Kier alpha value is -3.22. The number of rotatable bonds is 2. The summed E-state index contributed by atoms with van der Waals surface area (Å²) in [4.78, 5) is 25.5. The molecule has 3 aromatic rings. The molecule has 25 heavy (non-hydrogen) atoms. The van der Waals surface area contributed by atoms with Crippen molar-refractivity contribution in [3.63, 3.8) is 0 Å². The van der Waals surface area contributed by atoms with Crippen LogP contribution >= 0.6 is 0 Å². The summed E-state index contributed by atoms with van der Waals surface area (Å²) >= 11 is 0. The number of fused-ring (bicyclic) bond motifs is 1. The maximum atomic E-state index is 13.2. The van der Waals surface area contributed by atoms with Crippen LogP contribution in [0.2, 0.25) is 0 Å². The number of aromatic nitrogens is 4. The van der Waals surface area contributed by atoms with Crippen molar-refractivity contribution in [2.75, 3.05) is 25.0 Å². The summed E-state index contributed by atoms with van der Waals surface area (Å²) in [5.41, 5.74) is 2.83. The Morgan fingerprint density at radius 3 is 2.84 bits per heavy atom. The molecule has 1 aliphatic heterocycles. The minimum atomic E-state index is -0.0521. The van der Waals surface area contributed by atoms with Crippen LogP contribution < -0.4 is 4.90 Å². The molecule has 2 aromatic heterocycles. The topological polar surface area (TPSA) is 67.2 Å². The first-order valence-electron chi connectivity index (χ1n) is 8.12. The molecule has 7 nitrogen and oxygen atoms in total. The summed E-state index contributed by atoms with van der Waals surface area (Å²) in [7, 11) is 2.05. The summed E-state index contributed by atoms with van der Waals surface area (Å²) < 4.78 is 1.52. The van der Waals surface area contributed by atoms with Crippen LogP contribution in [0.4, 0.5) is 5.69 Å². The molecule has 3 heterocycles. The van der Waals surface area contributed by atoms with Gasteiger partial charge >= 0.3 is 0 Å². The van der Waals surface area contributed by atoms with E-state index in [1.165, 1.54) is 16.7 Å². The monoisotopic (exact) mass is 334 g/mol. The average Bonchev–Trinajstić information content (AvgIpc) is 3.13. The lowest BCUT2D eigenvalue weighted by Gasteiger charge is -2.22. The largest absolute Gasteiger partial charge is 0.373 e. The van der Waals surface area contributed by atoms with E-state index in [2.05, 4.69) is 39.1 Å². The third-order valence-electron chi connectivity index (χ3n) is 4.41. The molecule has 1 amide bonds. The third kappa shape index (κ3) is 2.84. The number of para-hydroxylation sites is 1. The molecular formula is C18H18N6O. The smallest absolute Gasteiger partial charge is 0.258 e. The second kappa shape index (κ2) is 6.35. The van der Waals surface area contributed by atoms with Crippen molar-refractivity contribution in [1.82, 2.24) is 24.6 Å². The van der Waals surface area contributed by atoms with Gasteiger partial charge in [0, 0.05) is 38.6 Å². The van der Waals surface area contributed by atoms with Gasteiger partial charge in [-0.1, -0.05) is 18.2 Å². The number of amides is 1. The number of carbonyl (C=O) groups excluding carboxylic acids is 1. The molecule has 126 valence electrons. The number of nitrogens with zero attached hydrogens (tertiary/aromatic N) is 6. The molecule has 0 saturated heterocycles. The highest BCUT2D eigenvalue weighted by Crippen LogP contribution is 2.25. The zero-order valence-electron chi connectivity index (χ0n) is 13.9. The van der Waals surface area contributed by atoms with Crippen molar-refractivity contribution in [2.24, 2.45) is 0 Å². The number of likely N-dealkylation sites (N-methyl/N-ethyl adjacent to an activating group) is 1. The van der Waals surface area contributed by atoms with Crippen LogP contribution in [0.3, 0.4) is 0 Å². The molecule has 0 bridgehead atoms. The minimum absolute atomic E-state index is 0.0521. The molecule has 0 fully saturated rings. The van der Waals surface area contributed by atoms with Crippen LogP contribution in [0.25, 0.3) is 5.82 Å². The van der Waals surface area contributed by atoms with Crippen LogP contribution in [-0.2, 0) is 6.54 Å². The van der Waals surface area contributed by atoms with Crippen molar-refractivity contribution < 1.29 is 4.79 Å². The summed E-state index contributed by atoms with van der Waals surface area (Å²) in [6, 6.07) is 11.7. The first-order valence-corrected chi connectivity index (χ1v) is 8.12. The van der Waals surface area contributed by atoms with E-state index in [4.69, 9.17) is 0 Å². The highest BCUT2D eigenvalue weighted by Gasteiger charge is 2.24. The van der Waals surface area contributed by atoms with Crippen molar-refractivity contribution in [3.8, 4) is 5.82 Å². The van der Waals surface area contributed by atoms with E-state index in [9.17, 15) is 4.79 Å². The number of pyridine rings is 1. The van der Waals surface area contributed by atoms with E-state index in [0.29, 0.717) is 24.5 Å². The number of carbonyl (C=O) groups is 1. The predicted octanol–water partition coefficient (Wildman–Crippen LogP) is 1.75. The maximum absolute atomic E-state index is 13.2. The first-order chi connectivity index (χ1) is 12.2. The molecule has 4 rings (SSSR count). The first kappa shape index (κ1) is 15.3. The fourth-order valence-electron chi connectivity index (χ4n) is 3.10. The Kier molecular flexibility index (Phi) is 3.89. The summed E-state index contributed by atoms with van der Waals surface area (Å²) in [6.45, 7) is 2.00. The van der Waals surface area contributed by atoms with Gasteiger partial charge in [0.1, 0.15) is 12.7 Å². The van der Waals surface area contributed by atoms with Crippen molar-refractivity contribution in [3.05, 3.63) is 66.4 Å². The van der Waals surface area contributed by atoms with Crippen LogP contribution in [0, 0.1) is 0 Å². The Balaban J connectivity index is 1.69. The normalized spacial score (nSPS) is 14.1. The molecule has 0 radical (unpaired) electrons. The molecule has 7 heteroatoms. The Morgan fingerprint density at radius 1 is 1.12 bits per heavy atom. The summed E-state index contributed by atoms with van der Waals surface area (Å²) in [5.74, 6) is 0.444. The molecule has 0 N–H and O–H groups in total. The second-order valence-electron chi connectivity index (χ2n) is 5.99. The Labute approximate surface area is 145 Å². The van der Waals surface area contributed by atoms with E-state index in [-0.39, 0.29) is 5.91 Å². The SMILES string of the molecule is CN1CCN(C(=O)c2cccnc2-n2cncn2)Cc2ccccc21. The number of anilines is 1. The number of hydrogen-bond acceptors (Lipinski definition) is 5. The number of hydrogen-bond donors (Lipinski definition) is 0. The standard InChI is InChI=1S/C18H18N6O/c1-22-9-10-23(11-14-5-2-3-7-16(14)22)18(25)15-6-4-8-20-17(15)24-13-19-12-21-24/h2-8,12-13H,9-11H2,1H3. The third-order valence-corrected chi connectivity index (χ3v) is 4.41. The molecule has 0 atom stereocenters. The second-order valence-corrected chi connectivity index (χ2v) is 5.99. The number of benzene rings is 1. The average molecular weight is 334 g/mol. The fraction of sp³-hybridized carbons (Fsp3) is 0.222. The van der Waals surface area contributed by atoms with Crippen LogP contribution in [0.1, 0.15) is 15.9 Å². The molecule has 0 aliphatic carbocycles. The minimum Gasteiger partial charge on any atom is -0.373 e. The van der Waals surface area contributed by atoms with E-state index in [1.54, 1.807) is 24.7 Å². The van der Waals surface area contributed by atoms with Gasteiger partial charge in [0.15, 0.2) is 5.82 Å². The lowest BCUT2D eigenvalue weighted by atomic mass is 10.1. The van der Waals surface area contributed by atoms with E-state index in [0.717, 1.165) is 12.1 Å². The lowest BCUT2D eigenvalue weighted by Crippen LogP contribution is -2.35. The van der Waals surface area contributed by atoms with Gasteiger partial charge < -0.3 is 9.80 Å². The predicted molar refractivity (Wildman–Crippen MR) is 93.6 cm³/mol. The van der Waals surface area contributed by atoms with Gasteiger partial charge in [-0.25, -0.2) is 14.6 Å². The lowest BCUT2D eigenvalue weighted by molar-refractivity contribution is 0.0751. The van der Waals surface area contributed by atoms with Gasteiger partial charge in [-0.05, 0) is 23.8 Å². The van der Waals surface area contributed by atoms with Gasteiger partial charge in [0.05, 0.1) is 5.56 Å². The Morgan fingerprint density at radius 2 is 2.00 bits per heavy atom. The maximum Gasteiger partial charge on any atom is 0.258 e. The van der Waals surface area contributed by atoms with Gasteiger partial charge in [-0.3, -0.25) is 4.79 Å². The van der Waals surface area contributed by atoms with Crippen LogP contribution in [-0.4, -0.2) is 50.7 Å². The summed E-state index contributed by atoms with van der Waals surface area (Å²) in [6.07, 6.45) is 4.63. The van der Waals surface area contributed by atoms with E-state index >= 15 is 0 Å². The molecule has 0 unspecified atom stereocenters. The highest BCUT2D eigenvalue weighted by atomic mass is 16.2. The molecular weight excluding hydrogens is 316 g/mol. The molecule has 1 aromatic carbocycles. The van der Waals surface area contributed by atoms with Gasteiger partial charge in [0.2, 0.25) is 0 Å². The van der Waals surface area contributed by atoms with Crippen molar-refractivity contribution >= 4 is 11.6 Å². The van der Waals surface area contributed by atoms with E-state index in [1.807, 2.05) is 17.0 Å². The van der Waals surface area contributed by atoms with Crippen molar-refractivity contribution in [2.45, 2.75) is 6.54 Å². The van der Waals surface area contributed by atoms with Gasteiger partial charge in [0.25, 0.3) is 5.91 Å². The van der Waals surface area contributed by atoms with Gasteiger partial charge in [-0.2, -0.15) is 5.10 Å². The quantitative estimate of drug-likeness (QED) is 0.714. The van der Waals surface area contributed by atoms with E-state index < -0.39 is 0 Å². The zero-order chi connectivity index (χ0) is 17.2. The fourth-order valence-corrected chi connectivity index (χ4v) is 3.10. The molecule has 0 saturated carbocycles. The van der Waals surface area contributed by atoms with Crippen molar-refractivity contribution in [1.29, 1.82) is 0 Å². The highest BCUT2D eigenvalue weighted by molar-refractivity contribution is 5.97. The summed E-state index contributed by atoms with van der Waals surface area (Å²) in [5, 5.41) is 4.11. The molecule has 0 spiro atoms. The molecule has 1 aliphatic rings. The van der Waals surface area contributed by atoms with Gasteiger partial charge in [-0.15, -0.1) is 0 Å². The zero-order valence-corrected chi connectivity index (χ0v) is 13.9. The Bertz CT molecular complexity index is 892. The van der Waals surface area contributed by atoms with Crippen LogP contribution in [0.5, 0.6) is 0 Å². The van der Waals surface area contributed by atoms with Crippen LogP contribution in [0.15, 0.2) is 55.2 Å².